The van der Waals surface area contributed by atoms with Crippen molar-refractivity contribution < 1.29 is 22.4 Å². The van der Waals surface area contributed by atoms with Crippen LogP contribution in [0.2, 0.25) is 0 Å². The third-order valence-electron chi connectivity index (χ3n) is 5.32. The number of nitrogens with zero attached hydrogens (tertiary/aromatic N) is 1. The highest BCUT2D eigenvalue weighted by Crippen LogP contribution is 2.35. The van der Waals surface area contributed by atoms with Gasteiger partial charge in [-0.25, -0.2) is 13.2 Å². The van der Waals surface area contributed by atoms with Gasteiger partial charge in [-0.1, -0.05) is 6.07 Å². The second-order valence-electron chi connectivity index (χ2n) is 7.10. The molecular weight excluding hydrogens is 405 g/mol. The number of amides is 1. The summed E-state index contributed by atoms with van der Waals surface area (Å²) in [5, 5.41) is 1.06. The fourth-order valence-corrected chi connectivity index (χ4v) is 3.89. The molecule has 153 valence electrons. The second-order valence-corrected chi connectivity index (χ2v) is 7.10. The van der Waals surface area contributed by atoms with E-state index in [4.69, 9.17) is 10.2 Å². The van der Waals surface area contributed by atoms with Crippen LogP contribution in [0.5, 0.6) is 0 Å². The van der Waals surface area contributed by atoms with E-state index in [1.807, 2.05) is 0 Å². The third-order valence-corrected chi connectivity index (χ3v) is 5.32. The Morgan fingerprint density at radius 2 is 1.84 bits per heavy atom. The van der Waals surface area contributed by atoms with Crippen molar-refractivity contribution >= 4 is 27.7 Å². The van der Waals surface area contributed by atoms with Crippen LogP contribution in [-0.4, -0.2) is 10.5 Å². The molecule has 4 nitrogen and oxygen atoms in total. The first-order chi connectivity index (χ1) is 15.0. The minimum Gasteiger partial charge on any atom is -0.464 e. The van der Waals surface area contributed by atoms with E-state index in [2.05, 4.69) is 6.07 Å². The number of primary amides is 1. The van der Waals surface area contributed by atoms with Crippen LogP contribution in [0.15, 0.2) is 65.3 Å². The summed E-state index contributed by atoms with van der Waals surface area (Å²) in [6.07, 6.45) is 1.53. The maximum atomic E-state index is 14.4. The van der Waals surface area contributed by atoms with Crippen LogP contribution in [0.3, 0.4) is 0 Å². The lowest BCUT2D eigenvalue weighted by molar-refractivity contribution is 0.100. The normalized spacial score (nSPS) is 11.5. The number of benzene rings is 3. The van der Waals surface area contributed by atoms with Gasteiger partial charge in [-0.15, -0.1) is 0 Å². The van der Waals surface area contributed by atoms with Gasteiger partial charge >= 0.3 is 0 Å². The Kier molecular flexibility index (Phi) is 4.32. The number of furan rings is 1. The molecule has 0 aliphatic rings. The maximum Gasteiger partial charge on any atom is 0.249 e. The van der Waals surface area contributed by atoms with Gasteiger partial charge in [-0.3, -0.25) is 4.79 Å². The number of carbonyl (C=O) groups is 1. The van der Waals surface area contributed by atoms with Crippen molar-refractivity contribution in [2.45, 2.75) is 6.54 Å². The highest BCUT2D eigenvalue weighted by Gasteiger charge is 2.21. The first kappa shape index (κ1) is 19.0. The molecule has 7 heteroatoms. The first-order valence-electron chi connectivity index (χ1n) is 9.38. The largest absolute Gasteiger partial charge is 0.464 e. The minimum atomic E-state index is -1.26. The average molecular weight is 419 g/mol. The van der Waals surface area contributed by atoms with Gasteiger partial charge in [0.25, 0.3) is 0 Å². The topological polar surface area (TPSA) is 61.2 Å². The predicted octanol–water partition coefficient (Wildman–Crippen LogP) is 5.42. The summed E-state index contributed by atoms with van der Waals surface area (Å²) in [6, 6.07) is 16.7. The van der Waals surface area contributed by atoms with Gasteiger partial charge in [-0.2, -0.15) is 0 Å². The average Bonchev–Trinajstić information content (AvgIpc) is 3.40. The van der Waals surface area contributed by atoms with Gasteiger partial charge < -0.3 is 14.7 Å². The fourth-order valence-electron chi connectivity index (χ4n) is 3.89. The van der Waals surface area contributed by atoms with Crippen molar-refractivity contribution in [3.8, 4) is 11.3 Å². The maximum absolute atomic E-state index is 14.4. The minimum absolute atomic E-state index is 0.253. The van der Waals surface area contributed by atoms with Crippen molar-refractivity contribution in [2.24, 2.45) is 5.73 Å². The van der Waals surface area contributed by atoms with Gasteiger partial charge in [-0.05, 0) is 54.6 Å². The molecule has 0 spiro atoms. The monoisotopic (exact) mass is 419 g/mol. The Balaban J connectivity index is 1.85. The van der Waals surface area contributed by atoms with Crippen LogP contribution in [-0.2, 0) is 6.54 Å². The molecular formula is C24H14F3N2O2. The summed E-state index contributed by atoms with van der Waals surface area (Å²) in [6.45, 7) is -0.299. The Morgan fingerprint density at radius 3 is 2.58 bits per heavy atom. The fraction of sp³-hybridized carbons (Fsp3) is 0.0417. The molecule has 1 amide bonds. The Hall–Kier alpha value is -4.00. The zero-order chi connectivity index (χ0) is 21.7. The Bertz CT molecular complexity index is 1470. The highest BCUT2D eigenvalue weighted by atomic mass is 19.2. The zero-order valence-electron chi connectivity index (χ0n) is 16.0. The van der Waals surface area contributed by atoms with E-state index in [-0.39, 0.29) is 12.1 Å². The number of fused-ring (bicyclic) bond motifs is 3. The van der Waals surface area contributed by atoms with Gasteiger partial charge in [0.1, 0.15) is 11.6 Å². The van der Waals surface area contributed by atoms with Gasteiger partial charge in [0.15, 0.2) is 11.6 Å². The molecule has 0 atom stereocenters. The summed E-state index contributed by atoms with van der Waals surface area (Å²) < 4.78 is 49.7. The predicted molar refractivity (Wildman–Crippen MR) is 110 cm³/mol. The van der Waals surface area contributed by atoms with E-state index in [0.29, 0.717) is 33.1 Å². The number of carbonyl (C=O) groups excluding carboxylic acids is 1. The molecule has 31 heavy (non-hydrogen) atoms. The number of nitrogens with two attached hydrogens (primary N) is 1. The lowest BCUT2D eigenvalue weighted by Crippen LogP contribution is -2.11. The van der Waals surface area contributed by atoms with E-state index in [1.165, 1.54) is 6.26 Å². The molecule has 2 aromatic heterocycles. The summed E-state index contributed by atoms with van der Waals surface area (Å²) in [7, 11) is 0. The summed E-state index contributed by atoms with van der Waals surface area (Å²) in [5.74, 6) is -3.33. The van der Waals surface area contributed by atoms with E-state index in [1.54, 1.807) is 47.0 Å². The summed E-state index contributed by atoms with van der Waals surface area (Å²) >= 11 is 0. The molecule has 0 bridgehead atoms. The lowest BCUT2D eigenvalue weighted by Gasteiger charge is -2.11. The summed E-state index contributed by atoms with van der Waals surface area (Å²) in [4.78, 5) is 12.0. The van der Waals surface area contributed by atoms with Crippen molar-refractivity contribution in [2.75, 3.05) is 0 Å². The second kappa shape index (κ2) is 7.05. The van der Waals surface area contributed by atoms with E-state index in [9.17, 15) is 18.0 Å². The summed E-state index contributed by atoms with van der Waals surface area (Å²) in [5.41, 5.74) is 7.13. The number of halogens is 3. The first-order valence-corrected chi connectivity index (χ1v) is 9.38. The van der Waals surface area contributed by atoms with Gasteiger partial charge in [0, 0.05) is 27.5 Å². The van der Waals surface area contributed by atoms with Gasteiger partial charge in [0.2, 0.25) is 5.91 Å². The lowest BCUT2D eigenvalue weighted by atomic mass is 10.0. The SMILES string of the molecule is NC(=O)c1cccc2c1c1[c]cc(-c3ccco3)cc1n2Cc1c(F)ccc(F)c1F. The van der Waals surface area contributed by atoms with E-state index in [0.717, 1.165) is 12.1 Å². The molecule has 0 saturated heterocycles. The van der Waals surface area contributed by atoms with E-state index < -0.39 is 28.9 Å². The Morgan fingerprint density at radius 1 is 1.03 bits per heavy atom. The number of aromatic nitrogens is 1. The van der Waals surface area contributed by atoms with Crippen molar-refractivity contribution in [1.29, 1.82) is 0 Å². The quantitative estimate of drug-likeness (QED) is 0.396. The third kappa shape index (κ3) is 2.97. The Labute approximate surface area is 174 Å². The molecule has 0 aliphatic carbocycles. The molecule has 0 fully saturated rings. The van der Waals surface area contributed by atoms with Crippen LogP contribution in [0.4, 0.5) is 13.2 Å². The number of rotatable bonds is 4. The molecule has 2 N–H and O–H groups in total. The van der Waals surface area contributed by atoms with Crippen LogP contribution < -0.4 is 5.73 Å². The molecule has 5 rings (SSSR count). The van der Waals surface area contributed by atoms with Crippen LogP contribution >= 0.6 is 0 Å². The number of hydrogen-bond donors (Lipinski definition) is 1. The van der Waals surface area contributed by atoms with Crippen molar-refractivity contribution in [3.63, 3.8) is 0 Å². The van der Waals surface area contributed by atoms with Crippen LogP contribution in [0.25, 0.3) is 33.1 Å². The smallest absolute Gasteiger partial charge is 0.249 e. The molecule has 0 saturated carbocycles. The van der Waals surface area contributed by atoms with E-state index >= 15 is 0 Å². The standard InChI is InChI=1S/C24H14F3N2O2/c25-17-8-9-18(26)23(27)16(17)12-29-19-4-1-3-15(24(28)30)22(19)14-7-6-13(11-20(14)29)21-5-2-10-31-21/h1-6,8-11H,12H2,(H2,28,30). The molecule has 3 aromatic carbocycles. The van der Waals surface area contributed by atoms with Crippen LogP contribution in [0.1, 0.15) is 15.9 Å². The van der Waals surface area contributed by atoms with Gasteiger partial charge in [0.05, 0.1) is 23.8 Å². The zero-order valence-corrected chi connectivity index (χ0v) is 16.0. The molecule has 0 unspecified atom stereocenters. The van der Waals surface area contributed by atoms with Crippen LogP contribution in [0, 0.1) is 23.5 Å². The molecule has 2 heterocycles. The van der Waals surface area contributed by atoms with Crippen molar-refractivity contribution in [1.82, 2.24) is 4.57 Å². The highest BCUT2D eigenvalue weighted by molar-refractivity contribution is 6.18. The molecule has 0 aliphatic heterocycles. The molecule has 5 aromatic rings. The number of hydrogen-bond acceptors (Lipinski definition) is 2. The molecule has 1 radical (unpaired) electrons. The van der Waals surface area contributed by atoms with Crippen molar-refractivity contribution in [3.05, 3.63) is 95.5 Å².